The maximum Gasteiger partial charge on any atom is 0.263 e. The number of carbonyl (C=O) groups excluding carboxylic acids is 1. The molecule has 0 radical (unpaired) electrons. The van der Waals surface area contributed by atoms with Gasteiger partial charge in [-0.1, -0.05) is 12.8 Å². The van der Waals surface area contributed by atoms with E-state index in [0.717, 1.165) is 49.9 Å². The largest absolute Gasteiger partial charge is 0.497 e. The van der Waals surface area contributed by atoms with Crippen molar-refractivity contribution in [2.75, 3.05) is 58.5 Å². The molecule has 4 heterocycles. The van der Waals surface area contributed by atoms with E-state index in [1.54, 1.807) is 47.9 Å². The van der Waals surface area contributed by atoms with Crippen LogP contribution in [0.25, 0.3) is 16.6 Å². The van der Waals surface area contributed by atoms with Crippen molar-refractivity contribution in [1.29, 1.82) is 0 Å². The summed E-state index contributed by atoms with van der Waals surface area (Å²) in [7, 11) is 3.07. The van der Waals surface area contributed by atoms with Crippen LogP contribution in [0.3, 0.4) is 0 Å². The average Bonchev–Trinajstić information content (AvgIpc) is 3.12. The fourth-order valence-corrected chi connectivity index (χ4v) is 8.30. The van der Waals surface area contributed by atoms with Gasteiger partial charge in [-0.05, 0) is 56.4 Å². The molecular formula is C40H47ClF2N3O5+. The highest BCUT2D eigenvalue weighted by Gasteiger charge is 2.44. The Morgan fingerprint density at radius 2 is 1.57 bits per heavy atom. The minimum atomic E-state index is -0.825. The van der Waals surface area contributed by atoms with Gasteiger partial charge < -0.3 is 28.2 Å². The Morgan fingerprint density at radius 1 is 0.902 bits per heavy atom. The van der Waals surface area contributed by atoms with E-state index in [-0.39, 0.29) is 23.2 Å². The number of hydrogen-bond donors (Lipinski definition) is 0. The molecule has 7 rings (SSSR count). The highest BCUT2D eigenvalue weighted by atomic mass is 35.5. The van der Waals surface area contributed by atoms with Crippen LogP contribution in [0, 0.1) is 17.6 Å². The van der Waals surface area contributed by atoms with Gasteiger partial charge >= 0.3 is 0 Å². The highest BCUT2D eigenvalue weighted by molar-refractivity contribution is 6.21. The number of aromatic nitrogens is 1. The summed E-state index contributed by atoms with van der Waals surface area (Å²) >= 11 is 6.63. The first-order valence-electron chi connectivity index (χ1n) is 18.0. The van der Waals surface area contributed by atoms with Gasteiger partial charge in [0.25, 0.3) is 5.91 Å². The number of methoxy groups -OCH3 is 2. The third-order valence-corrected chi connectivity index (χ3v) is 11.1. The molecule has 3 aromatic carbocycles. The molecule has 0 aliphatic carbocycles. The van der Waals surface area contributed by atoms with Crippen molar-refractivity contribution in [2.45, 2.75) is 57.2 Å². The van der Waals surface area contributed by atoms with Crippen molar-refractivity contribution in [3.63, 3.8) is 0 Å². The van der Waals surface area contributed by atoms with Gasteiger partial charge in [-0.2, -0.15) is 0 Å². The summed E-state index contributed by atoms with van der Waals surface area (Å²) in [6.45, 7) is 7.23. The topological polar surface area (TPSA) is 70.0 Å². The van der Waals surface area contributed by atoms with Crippen molar-refractivity contribution in [3.05, 3.63) is 88.2 Å². The second-order valence-corrected chi connectivity index (χ2v) is 14.4. The fourth-order valence-electron chi connectivity index (χ4n) is 7.76. The van der Waals surface area contributed by atoms with E-state index in [1.165, 1.54) is 75.1 Å². The van der Waals surface area contributed by atoms with Gasteiger partial charge in [0, 0.05) is 67.0 Å². The molecule has 3 aliphatic rings. The lowest BCUT2D eigenvalue weighted by molar-refractivity contribution is -0.942. The summed E-state index contributed by atoms with van der Waals surface area (Å²) in [6, 6.07) is 13.3. The zero-order valence-electron chi connectivity index (χ0n) is 29.6. The standard InChI is InChI=1S/C40H47ClF2N3O5/c1-4-44(30-19-28(42)18-29(43)20-30)40(48)36-25-45(31-21-33(49-2)23-34(22-31)50-3)38-24-32(10-11-35(38)39(36)47)51-17-9-7-5-6-8-14-46-15-12-27(13-16-46)37(41)26-46/h10-11,18-25,27,37H,4-9,12-17,26H2,1-3H3/q+1. The highest BCUT2D eigenvalue weighted by Crippen LogP contribution is 2.37. The molecule has 4 aromatic rings. The van der Waals surface area contributed by atoms with Crippen molar-refractivity contribution in [3.8, 4) is 22.9 Å². The van der Waals surface area contributed by atoms with Crippen LogP contribution in [0.5, 0.6) is 17.2 Å². The summed E-state index contributed by atoms with van der Waals surface area (Å²) in [5.41, 5.74) is 0.420. The first-order valence-corrected chi connectivity index (χ1v) is 18.4. The van der Waals surface area contributed by atoms with Crippen LogP contribution >= 0.6 is 11.6 Å². The van der Waals surface area contributed by atoms with Crippen molar-refractivity contribution < 1.29 is 32.3 Å². The monoisotopic (exact) mass is 722 g/mol. The maximum atomic E-state index is 14.1. The van der Waals surface area contributed by atoms with E-state index in [4.69, 9.17) is 25.8 Å². The van der Waals surface area contributed by atoms with E-state index in [0.29, 0.717) is 40.4 Å². The van der Waals surface area contributed by atoms with Gasteiger partial charge in [0.2, 0.25) is 5.43 Å². The SMILES string of the molecule is CCN(C(=O)c1cn(-c2cc(OC)cc(OC)c2)c2cc(OCCCCCCC[N+]34CCC(CC3)C(Cl)C4)ccc2c1=O)c1cc(F)cc(F)c1. The normalized spacial score (nSPS) is 19.6. The zero-order chi connectivity index (χ0) is 36.1. The lowest BCUT2D eigenvalue weighted by Gasteiger charge is -2.51. The minimum absolute atomic E-state index is 0.0114. The van der Waals surface area contributed by atoms with Crippen molar-refractivity contribution >= 4 is 34.1 Å². The summed E-state index contributed by atoms with van der Waals surface area (Å²) in [5.74, 6) is 0.000576. The number of hydrogen-bond acceptors (Lipinski definition) is 5. The first-order chi connectivity index (χ1) is 24.6. The lowest BCUT2D eigenvalue weighted by Crippen LogP contribution is -2.62. The fraction of sp³-hybridized carbons (Fsp3) is 0.450. The number of rotatable bonds is 15. The number of pyridine rings is 1. The summed E-state index contributed by atoms with van der Waals surface area (Å²) in [5, 5.41) is 0.629. The number of anilines is 1. The number of piperidine rings is 3. The third-order valence-electron chi connectivity index (χ3n) is 10.6. The Bertz CT molecular complexity index is 1880. The smallest absolute Gasteiger partial charge is 0.263 e. The minimum Gasteiger partial charge on any atom is -0.497 e. The molecule has 1 atom stereocenters. The molecule has 272 valence electrons. The Hall–Kier alpha value is -4.15. The summed E-state index contributed by atoms with van der Waals surface area (Å²) < 4.78 is 48.4. The number of ether oxygens (including phenoxy) is 3. The van der Waals surface area contributed by atoms with Crippen LogP contribution in [-0.4, -0.2) is 73.9 Å². The Morgan fingerprint density at radius 3 is 2.22 bits per heavy atom. The Balaban J connectivity index is 1.20. The van der Waals surface area contributed by atoms with Crippen LogP contribution in [0.4, 0.5) is 14.5 Å². The summed E-state index contributed by atoms with van der Waals surface area (Å²) in [6.07, 6.45) is 9.56. The number of halogens is 3. The molecule has 2 bridgehead atoms. The molecule has 3 fully saturated rings. The van der Waals surface area contributed by atoms with Gasteiger partial charge in [0.05, 0.1) is 63.6 Å². The predicted molar refractivity (Wildman–Crippen MR) is 197 cm³/mol. The Kier molecular flexibility index (Phi) is 11.5. The van der Waals surface area contributed by atoms with Crippen molar-refractivity contribution in [1.82, 2.24) is 4.57 Å². The van der Waals surface area contributed by atoms with E-state index in [1.807, 2.05) is 0 Å². The molecule has 51 heavy (non-hydrogen) atoms. The predicted octanol–water partition coefficient (Wildman–Crippen LogP) is 8.13. The van der Waals surface area contributed by atoms with E-state index < -0.39 is 23.0 Å². The molecule has 3 saturated heterocycles. The summed E-state index contributed by atoms with van der Waals surface area (Å²) in [4.78, 5) is 29.1. The van der Waals surface area contributed by atoms with Gasteiger partial charge in [-0.25, -0.2) is 8.78 Å². The van der Waals surface area contributed by atoms with Gasteiger partial charge in [-0.3, -0.25) is 9.59 Å². The zero-order valence-corrected chi connectivity index (χ0v) is 30.4. The molecule has 1 unspecified atom stereocenters. The van der Waals surface area contributed by atoms with Crippen LogP contribution in [0.2, 0.25) is 0 Å². The second kappa shape index (κ2) is 16.0. The molecular weight excluding hydrogens is 676 g/mol. The van der Waals surface area contributed by atoms with Crippen LogP contribution < -0.4 is 24.5 Å². The number of amides is 1. The number of carbonyl (C=O) groups is 1. The number of quaternary nitrogens is 1. The van der Waals surface area contributed by atoms with E-state index in [2.05, 4.69) is 0 Å². The molecule has 1 aromatic heterocycles. The number of fused-ring (bicyclic) bond motifs is 4. The van der Waals surface area contributed by atoms with Gasteiger partial charge in [0.15, 0.2) is 0 Å². The van der Waals surface area contributed by atoms with Crippen LogP contribution in [-0.2, 0) is 0 Å². The van der Waals surface area contributed by atoms with Crippen LogP contribution in [0.1, 0.15) is 62.2 Å². The second-order valence-electron chi connectivity index (χ2n) is 13.8. The number of alkyl halides is 1. The molecule has 8 nitrogen and oxygen atoms in total. The van der Waals surface area contributed by atoms with E-state index >= 15 is 0 Å². The molecule has 11 heteroatoms. The van der Waals surface area contributed by atoms with Gasteiger partial charge in [-0.15, -0.1) is 11.6 Å². The average molecular weight is 723 g/mol. The van der Waals surface area contributed by atoms with Crippen molar-refractivity contribution in [2.24, 2.45) is 5.92 Å². The molecule has 0 saturated carbocycles. The van der Waals surface area contributed by atoms with Crippen LogP contribution in [0.15, 0.2) is 65.6 Å². The molecule has 0 N–H and O–H groups in total. The third kappa shape index (κ3) is 8.17. The first kappa shape index (κ1) is 36.6. The quantitative estimate of drug-likeness (QED) is 0.0705. The number of benzene rings is 3. The Labute approximate surface area is 303 Å². The lowest BCUT2D eigenvalue weighted by atomic mass is 9.85. The number of nitrogens with zero attached hydrogens (tertiary/aromatic N) is 3. The molecule has 0 spiro atoms. The number of unbranched alkanes of at least 4 members (excludes halogenated alkanes) is 4. The maximum absolute atomic E-state index is 14.1. The molecule has 3 aliphatic heterocycles. The molecule has 1 amide bonds. The van der Waals surface area contributed by atoms with E-state index in [9.17, 15) is 18.4 Å². The van der Waals surface area contributed by atoms with Gasteiger partial charge in [0.1, 0.15) is 34.4 Å².